The van der Waals surface area contributed by atoms with Crippen molar-refractivity contribution in [2.75, 3.05) is 13.2 Å². The minimum Gasteiger partial charge on any atom is -0.482 e. The first-order valence-corrected chi connectivity index (χ1v) is 21.8. The first-order valence-electron chi connectivity index (χ1n) is 21.8. The summed E-state index contributed by atoms with van der Waals surface area (Å²) in [5.41, 5.74) is -1.32. The molecule has 13 nitrogen and oxygen atoms in total. The minimum absolute atomic E-state index is 0.0144. The van der Waals surface area contributed by atoms with Gasteiger partial charge in [0.2, 0.25) is 12.2 Å². The van der Waals surface area contributed by atoms with Gasteiger partial charge in [0.25, 0.3) is 0 Å². The highest BCUT2D eigenvalue weighted by Crippen LogP contribution is 2.69. The topological polar surface area (TPSA) is 190 Å². The number of carbonyl (C=O) groups excluding carboxylic acids is 3. The Morgan fingerprint density at radius 1 is 0.967 bits per heavy atom. The molecule has 2 saturated heterocycles. The summed E-state index contributed by atoms with van der Waals surface area (Å²) in [6.07, 6.45) is 6.86. The van der Waals surface area contributed by atoms with E-state index in [1.165, 1.54) is 5.57 Å². The van der Waals surface area contributed by atoms with Crippen LogP contribution in [0.25, 0.3) is 6.08 Å². The third kappa shape index (κ3) is 7.42. The van der Waals surface area contributed by atoms with Crippen LogP contribution in [-0.2, 0) is 25.5 Å². The number of allylic oxidation sites excluding steroid dienone is 5. The molecule has 10 atom stereocenters. The molecule has 1 spiro atoms. The van der Waals surface area contributed by atoms with Gasteiger partial charge in [-0.25, -0.2) is 0 Å². The Balaban J connectivity index is 1.46. The summed E-state index contributed by atoms with van der Waals surface area (Å²) in [6, 6.07) is 0. The van der Waals surface area contributed by atoms with Crippen molar-refractivity contribution in [2.24, 2.45) is 11.8 Å². The highest BCUT2D eigenvalue weighted by atomic mass is 16.7. The number of ether oxygens (including phenoxy) is 5. The zero-order valence-electron chi connectivity index (χ0n) is 36.9. The fourth-order valence-electron chi connectivity index (χ4n) is 10.1. The highest BCUT2D eigenvalue weighted by molar-refractivity contribution is 6.19. The van der Waals surface area contributed by atoms with E-state index in [4.69, 9.17) is 23.7 Å². The van der Waals surface area contributed by atoms with Crippen LogP contribution >= 0.6 is 0 Å². The van der Waals surface area contributed by atoms with Crippen LogP contribution in [0.15, 0.2) is 52.7 Å². The number of aliphatic hydroxyl groups is 4. The van der Waals surface area contributed by atoms with Crippen LogP contribution in [0.1, 0.15) is 122 Å². The maximum Gasteiger partial charge on any atom is 0.246 e. The molecule has 5 N–H and O–H groups in total. The number of aliphatic hydroxyl groups excluding tert-OH is 4. The molecule has 0 radical (unpaired) electrons. The van der Waals surface area contributed by atoms with Gasteiger partial charge in [0.1, 0.15) is 52.8 Å². The molecule has 8 rings (SSSR count). The number of amides is 1. The van der Waals surface area contributed by atoms with Crippen molar-refractivity contribution in [3.05, 3.63) is 69.4 Å². The second-order valence-corrected chi connectivity index (χ2v) is 18.9. The van der Waals surface area contributed by atoms with Gasteiger partial charge < -0.3 is 49.4 Å². The molecule has 3 fully saturated rings. The fourth-order valence-corrected chi connectivity index (χ4v) is 10.1. The van der Waals surface area contributed by atoms with Gasteiger partial charge in [-0.2, -0.15) is 0 Å². The van der Waals surface area contributed by atoms with Crippen LogP contribution in [0.2, 0.25) is 0 Å². The summed E-state index contributed by atoms with van der Waals surface area (Å²) < 4.78 is 33.8. The number of Topliss-reactive ketones (excluding diaryl/α,β-unsaturated/α-hetero) is 2. The third-order valence-electron chi connectivity index (χ3n) is 13.4. The molecule has 1 amide bonds. The zero-order chi connectivity index (χ0) is 44.4. The van der Waals surface area contributed by atoms with Gasteiger partial charge in [0, 0.05) is 41.5 Å². The predicted octanol–water partition coefficient (Wildman–Crippen LogP) is 5.54. The van der Waals surface area contributed by atoms with E-state index in [1.54, 1.807) is 19.1 Å². The van der Waals surface area contributed by atoms with E-state index < -0.39 is 77.3 Å². The summed E-state index contributed by atoms with van der Waals surface area (Å²) in [4.78, 5) is 43.8. The van der Waals surface area contributed by atoms with Gasteiger partial charge in [-0.15, -0.1) is 0 Å². The lowest BCUT2D eigenvalue weighted by molar-refractivity contribution is -0.277. The lowest BCUT2D eigenvalue weighted by Crippen LogP contribution is -2.72. The molecule has 61 heavy (non-hydrogen) atoms. The lowest BCUT2D eigenvalue weighted by Gasteiger charge is -2.56. The minimum atomic E-state index is -1.78. The first-order chi connectivity index (χ1) is 28.8. The summed E-state index contributed by atoms with van der Waals surface area (Å²) in [7, 11) is 0. The standard InChI is InChI=1S/C48H63NO12/c1-10-11-21-49-43(56)27(6)16-20-47-42(55)28-22-31-35(51)34-40(58-44-38(54)37(53)36(52)32(24-50)57-44)30-17-19-46(9,18-12-13-25(2)3)59-39(30)29(15-14-26(4)5)41(34)60-48(31,47)33(23-28)45(7,8)61-47/h13-14,16-17,19,22,28,32-33,36-38,44,50,52-54H,10-12,15,18,20-21,23-24H2,1-9H3,(H,49,56)/t28?,32-,33?,36-,37+,38-,44+,46?,47?,48?/m1/s1. The van der Waals surface area contributed by atoms with Gasteiger partial charge in [-0.05, 0) is 99.6 Å². The van der Waals surface area contributed by atoms with Crippen molar-refractivity contribution in [2.45, 2.75) is 160 Å². The van der Waals surface area contributed by atoms with Crippen molar-refractivity contribution >= 4 is 23.5 Å². The van der Waals surface area contributed by atoms with Gasteiger partial charge in [-0.3, -0.25) is 14.4 Å². The maximum atomic E-state index is 15.7. The zero-order valence-corrected chi connectivity index (χ0v) is 36.9. The summed E-state index contributed by atoms with van der Waals surface area (Å²) in [6.45, 7) is 17.4. The SMILES string of the molecule is CCCCNC(=O)C(C)=CCC12OC(C)(C)C3CC(C=C4C(=O)c5c(O[C@@H]6O[C@H](CO)[C@@H](O)[C@H](O)[C@H]6O)c6c(c(CC=C(C)C)c5OC431)OC(C)(CCC=C(C)C)C=C6)C2=O. The molecular formula is C48H63NO12. The number of hydrogen-bond acceptors (Lipinski definition) is 12. The van der Waals surface area contributed by atoms with E-state index in [9.17, 15) is 30.0 Å². The largest absolute Gasteiger partial charge is 0.482 e. The highest BCUT2D eigenvalue weighted by Gasteiger charge is 2.81. The predicted molar refractivity (Wildman–Crippen MR) is 227 cm³/mol. The molecule has 5 unspecified atom stereocenters. The third-order valence-corrected chi connectivity index (χ3v) is 13.4. The molecule has 7 aliphatic rings. The Morgan fingerprint density at radius 2 is 1.69 bits per heavy atom. The van der Waals surface area contributed by atoms with E-state index in [0.717, 1.165) is 24.8 Å². The van der Waals surface area contributed by atoms with E-state index in [0.29, 0.717) is 41.8 Å². The quantitative estimate of drug-likeness (QED) is 0.0895. The number of benzene rings is 1. The fraction of sp³-hybridized carbons (Fsp3) is 0.604. The molecule has 3 aliphatic carbocycles. The Kier molecular flexibility index (Phi) is 12.2. The molecule has 4 heterocycles. The first kappa shape index (κ1) is 44.9. The van der Waals surface area contributed by atoms with Gasteiger partial charge >= 0.3 is 0 Å². The van der Waals surface area contributed by atoms with Crippen molar-refractivity contribution in [1.82, 2.24) is 5.32 Å². The number of rotatable bonds is 14. The Bertz CT molecular complexity index is 2120. The smallest absolute Gasteiger partial charge is 0.246 e. The summed E-state index contributed by atoms with van der Waals surface area (Å²) >= 11 is 0. The maximum absolute atomic E-state index is 15.7. The average molecular weight is 846 g/mol. The lowest BCUT2D eigenvalue weighted by atomic mass is 9.51. The average Bonchev–Trinajstić information content (AvgIpc) is 3.36. The summed E-state index contributed by atoms with van der Waals surface area (Å²) in [5.74, 6) is -1.65. The van der Waals surface area contributed by atoms with E-state index in [1.807, 2.05) is 73.6 Å². The number of fused-ring (bicyclic) bond motifs is 2. The van der Waals surface area contributed by atoms with Crippen molar-refractivity contribution in [1.29, 1.82) is 0 Å². The Morgan fingerprint density at radius 3 is 2.36 bits per heavy atom. The van der Waals surface area contributed by atoms with Gasteiger partial charge in [0.05, 0.1) is 17.8 Å². The molecule has 1 aromatic rings. The molecule has 13 heteroatoms. The molecule has 1 aromatic carbocycles. The molecule has 4 bridgehead atoms. The summed E-state index contributed by atoms with van der Waals surface area (Å²) in [5, 5.41) is 45.7. The number of nitrogens with one attached hydrogen (secondary N) is 1. The molecule has 0 aromatic heterocycles. The van der Waals surface area contributed by atoms with Crippen LogP contribution in [0.4, 0.5) is 0 Å². The number of unbranched alkanes of at least 4 members (excludes halogenated alkanes) is 1. The number of carbonyl (C=O) groups is 3. The molecule has 332 valence electrons. The van der Waals surface area contributed by atoms with Crippen molar-refractivity contribution in [3.8, 4) is 17.2 Å². The van der Waals surface area contributed by atoms with Crippen LogP contribution in [0.5, 0.6) is 17.2 Å². The van der Waals surface area contributed by atoms with Crippen molar-refractivity contribution < 1.29 is 58.5 Å². The normalized spacial score (nSPS) is 34.0. The number of hydrogen-bond donors (Lipinski definition) is 5. The molecule has 4 aliphatic heterocycles. The Labute approximate surface area is 358 Å². The molecular weight excluding hydrogens is 783 g/mol. The Hall–Kier alpha value is -4.11. The van der Waals surface area contributed by atoms with Crippen LogP contribution in [-0.4, -0.2) is 104 Å². The second-order valence-electron chi connectivity index (χ2n) is 18.9. The van der Waals surface area contributed by atoms with Gasteiger partial charge in [-0.1, -0.05) is 48.8 Å². The second kappa shape index (κ2) is 16.5. The van der Waals surface area contributed by atoms with E-state index >= 15 is 4.79 Å². The number of ketones is 2. The van der Waals surface area contributed by atoms with Gasteiger partial charge in [0.15, 0.2) is 22.8 Å². The van der Waals surface area contributed by atoms with E-state index in [-0.39, 0.29) is 47.2 Å². The monoisotopic (exact) mass is 845 g/mol. The van der Waals surface area contributed by atoms with Crippen molar-refractivity contribution in [3.63, 3.8) is 0 Å². The van der Waals surface area contributed by atoms with Crippen LogP contribution in [0, 0.1) is 11.8 Å². The van der Waals surface area contributed by atoms with E-state index in [2.05, 4.69) is 11.4 Å². The van der Waals surface area contributed by atoms with Crippen LogP contribution < -0.4 is 19.5 Å². The van der Waals surface area contributed by atoms with Crippen LogP contribution in [0.3, 0.4) is 0 Å². The molecule has 1 saturated carbocycles.